The first kappa shape index (κ1) is 21.8. The van der Waals surface area contributed by atoms with E-state index in [4.69, 9.17) is 20.8 Å². The molecule has 1 aromatic carbocycles. The van der Waals surface area contributed by atoms with Gasteiger partial charge in [-0.1, -0.05) is 11.6 Å². The van der Waals surface area contributed by atoms with E-state index >= 15 is 0 Å². The molecule has 8 nitrogen and oxygen atoms in total. The van der Waals surface area contributed by atoms with Gasteiger partial charge in [0.05, 0.1) is 26.0 Å². The summed E-state index contributed by atoms with van der Waals surface area (Å²) in [5.41, 5.74) is 0.896. The maximum absolute atomic E-state index is 12.6. The van der Waals surface area contributed by atoms with Crippen molar-refractivity contribution >= 4 is 23.4 Å². The Morgan fingerprint density at radius 3 is 2.26 bits per heavy atom. The van der Waals surface area contributed by atoms with Crippen LogP contribution in [0, 0.1) is 0 Å². The lowest BCUT2D eigenvalue weighted by Gasteiger charge is -2.36. The maximum Gasteiger partial charge on any atom is 0.236 e. The zero-order chi connectivity index (χ0) is 21.6. The third-order valence-corrected chi connectivity index (χ3v) is 5.93. The van der Waals surface area contributed by atoms with Crippen LogP contribution in [0.3, 0.4) is 0 Å². The molecule has 2 aromatic rings. The Balaban J connectivity index is 1.20. The maximum atomic E-state index is 12.6. The van der Waals surface area contributed by atoms with E-state index in [9.17, 15) is 9.59 Å². The van der Waals surface area contributed by atoms with Crippen molar-refractivity contribution in [1.29, 1.82) is 0 Å². The van der Waals surface area contributed by atoms with Gasteiger partial charge in [0.15, 0.2) is 11.7 Å². The van der Waals surface area contributed by atoms with E-state index in [1.54, 1.807) is 18.3 Å². The zero-order valence-electron chi connectivity index (χ0n) is 17.5. The van der Waals surface area contributed by atoms with Gasteiger partial charge in [-0.2, -0.15) is 0 Å². The third kappa shape index (κ3) is 5.84. The van der Waals surface area contributed by atoms with E-state index < -0.39 is 0 Å². The van der Waals surface area contributed by atoms with Crippen LogP contribution < -0.4 is 0 Å². The first-order valence-electron chi connectivity index (χ1n) is 10.6. The number of rotatable bonds is 6. The summed E-state index contributed by atoms with van der Waals surface area (Å²) in [4.78, 5) is 35.2. The second-order valence-corrected chi connectivity index (χ2v) is 8.21. The number of halogens is 1. The highest BCUT2D eigenvalue weighted by atomic mass is 35.5. The highest BCUT2D eigenvalue weighted by molar-refractivity contribution is 6.30. The highest BCUT2D eigenvalue weighted by Crippen LogP contribution is 2.23. The normalized spacial score (nSPS) is 17.7. The largest absolute Gasteiger partial charge is 0.441 e. The van der Waals surface area contributed by atoms with E-state index in [0.29, 0.717) is 75.5 Å². The van der Waals surface area contributed by atoms with Crippen LogP contribution in [-0.2, 0) is 20.7 Å². The lowest BCUT2D eigenvalue weighted by molar-refractivity contribution is -0.140. The fourth-order valence-electron chi connectivity index (χ4n) is 3.80. The lowest BCUT2D eigenvalue weighted by atomic mass is 10.2. The van der Waals surface area contributed by atoms with Crippen LogP contribution in [0.25, 0.3) is 11.3 Å². The van der Waals surface area contributed by atoms with Crippen molar-refractivity contribution in [2.45, 2.75) is 12.8 Å². The molecule has 9 heteroatoms. The fourth-order valence-corrected chi connectivity index (χ4v) is 3.93. The molecule has 0 spiro atoms. The number of hydrogen-bond acceptors (Lipinski definition) is 6. The van der Waals surface area contributed by atoms with Crippen molar-refractivity contribution < 1.29 is 18.7 Å². The van der Waals surface area contributed by atoms with Crippen molar-refractivity contribution in [2.75, 3.05) is 59.0 Å². The topological polar surface area (TPSA) is 79.1 Å². The van der Waals surface area contributed by atoms with E-state index in [1.165, 1.54) is 0 Å². The number of piperazine rings is 1. The Morgan fingerprint density at radius 2 is 1.58 bits per heavy atom. The number of amides is 2. The fraction of sp³-hybridized carbons (Fsp3) is 0.500. The number of oxazole rings is 1. The van der Waals surface area contributed by atoms with Crippen molar-refractivity contribution in [3.63, 3.8) is 0 Å². The number of benzene rings is 1. The van der Waals surface area contributed by atoms with Gasteiger partial charge in [0.25, 0.3) is 0 Å². The number of hydrogen-bond donors (Lipinski definition) is 0. The van der Waals surface area contributed by atoms with Crippen molar-refractivity contribution in [1.82, 2.24) is 19.7 Å². The summed E-state index contributed by atoms with van der Waals surface area (Å²) < 4.78 is 11.1. The first-order chi connectivity index (χ1) is 15.1. The van der Waals surface area contributed by atoms with E-state index in [0.717, 1.165) is 18.7 Å². The molecule has 2 saturated heterocycles. The Morgan fingerprint density at radius 1 is 0.935 bits per heavy atom. The smallest absolute Gasteiger partial charge is 0.236 e. The quantitative estimate of drug-likeness (QED) is 0.674. The van der Waals surface area contributed by atoms with Gasteiger partial charge < -0.3 is 19.0 Å². The molecule has 3 heterocycles. The molecule has 166 valence electrons. The molecular weight excluding hydrogens is 420 g/mol. The van der Waals surface area contributed by atoms with Crippen LogP contribution in [0.5, 0.6) is 0 Å². The molecular formula is C22H27ClN4O4. The van der Waals surface area contributed by atoms with Crippen LogP contribution in [0.4, 0.5) is 0 Å². The summed E-state index contributed by atoms with van der Waals surface area (Å²) in [6.07, 6.45) is 2.45. The SMILES string of the molecule is O=C(CCc1ncc(-c2ccc(Cl)cc2)o1)N1CCN(C(=O)CN2CCOCC2)CC1. The van der Waals surface area contributed by atoms with Crippen molar-refractivity contribution in [3.05, 3.63) is 41.4 Å². The molecule has 0 N–H and O–H groups in total. The molecule has 31 heavy (non-hydrogen) atoms. The highest BCUT2D eigenvalue weighted by Gasteiger charge is 2.25. The molecule has 2 aliphatic rings. The standard InChI is InChI=1S/C22H27ClN4O4/c23-18-3-1-17(2-4-18)19-15-24-20(31-19)5-6-21(28)26-7-9-27(10-8-26)22(29)16-25-11-13-30-14-12-25/h1-4,15H,5-14,16H2. The third-order valence-electron chi connectivity index (χ3n) is 5.68. The van der Waals surface area contributed by atoms with Gasteiger partial charge in [0.2, 0.25) is 11.8 Å². The minimum Gasteiger partial charge on any atom is -0.441 e. The summed E-state index contributed by atoms with van der Waals surface area (Å²) >= 11 is 5.92. The van der Waals surface area contributed by atoms with Crippen LogP contribution in [0.1, 0.15) is 12.3 Å². The molecule has 2 amide bonds. The Kier molecular flexibility index (Phi) is 7.21. The number of aromatic nitrogens is 1. The molecule has 0 atom stereocenters. The average Bonchev–Trinajstić information content (AvgIpc) is 3.28. The molecule has 2 aliphatic heterocycles. The molecule has 0 unspecified atom stereocenters. The van der Waals surface area contributed by atoms with Crippen molar-refractivity contribution in [2.24, 2.45) is 0 Å². The second-order valence-electron chi connectivity index (χ2n) is 7.78. The minimum atomic E-state index is 0.0616. The zero-order valence-corrected chi connectivity index (χ0v) is 18.2. The Hall–Kier alpha value is -2.42. The van der Waals surface area contributed by atoms with E-state index in [1.807, 2.05) is 21.9 Å². The van der Waals surface area contributed by atoms with Gasteiger partial charge in [0.1, 0.15) is 0 Å². The summed E-state index contributed by atoms with van der Waals surface area (Å²) in [5, 5.41) is 0.664. The summed E-state index contributed by atoms with van der Waals surface area (Å²) in [6.45, 7) is 5.67. The molecule has 0 bridgehead atoms. The van der Waals surface area contributed by atoms with Gasteiger partial charge in [-0.3, -0.25) is 14.5 Å². The van der Waals surface area contributed by atoms with Crippen LogP contribution in [-0.4, -0.2) is 90.5 Å². The molecule has 1 aromatic heterocycles. The van der Waals surface area contributed by atoms with Crippen LogP contribution in [0.15, 0.2) is 34.9 Å². The number of aryl methyl sites for hydroxylation is 1. The van der Waals surface area contributed by atoms with Crippen molar-refractivity contribution in [3.8, 4) is 11.3 Å². The van der Waals surface area contributed by atoms with Gasteiger partial charge >= 0.3 is 0 Å². The molecule has 0 aliphatic carbocycles. The summed E-state index contributed by atoms with van der Waals surface area (Å²) in [5.74, 6) is 1.39. The monoisotopic (exact) mass is 446 g/mol. The molecule has 4 rings (SSSR count). The molecule has 2 fully saturated rings. The molecule has 0 saturated carbocycles. The Labute approximate surface area is 186 Å². The van der Waals surface area contributed by atoms with Crippen LogP contribution >= 0.6 is 11.6 Å². The number of carbonyl (C=O) groups is 2. The number of morpholine rings is 1. The lowest BCUT2D eigenvalue weighted by Crippen LogP contribution is -2.53. The van der Waals surface area contributed by atoms with E-state index in [2.05, 4.69) is 9.88 Å². The van der Waals surface area contributed by atoms with E-state index in [-0.39, 0.29) is 11.8 Å². The predicted octanol–water partition coefficient (Wildman–Crippen LogP) is 1.93. The molecule has 0 radical (unpaired) electrons. The van der Waals surface area contributed by atoms with Gasteiger partial charge in [-0.15, -0.1) is 0 Å². The number of carbonyl (C=O) groups excluding carboxylic acids is 2. The van der Waals surface area contributed by atoms with Crippen LogP contribution in [0.2, 0.25) is 5.02 Å². The summed E-state index contributed by atoms with van der Waals surface area (Å²) in [6, 6.07) is 7.34. The van der Waals surface area contributed by atoms with Gasteiger partial charge in [0, 0.05) is 62.7 Å². The number of nitrogens with zero attached hydrogens (tertiary/aromatic N) is 4. The summed E-state index contributed by atoms with van der Waals surface area (Å²) in [7, 11) is 0. The second kappa shape index (κ2) is 10.3. The first-order valence-corrected chi connectivity index (χ1v) is 11.0. The minimum absolute atomic E-state index is 0.0616. The van der Waals surface area contributed by atoms with Gasteiger partial charge in [-0.25, -0.2) is 4.98 Å². The average molecular weight is 447 g/mol. The van der Waals surface area contributed by atoms with Gasteiger partial charge in [-0.05, 0) is 24.3 Å². The predicted molar refractivity (Wildman–Crippen MR) is 116 cm³/mol. The Bertz CT molecular complexity index is 887. The number of ether oxygens (including phenoxy) is 1.